The summed E-state index contributed by atoms with van der Waals surface area (Å²) < 4.78 is 0. The molecule has 0 atom stereocenters. The average Bonchev–Trinajstić information content (AvgIpc) is 2.74. The number of nitrogens with one attached hydrogen (secondary N) is 2. The largest absolute Gasteiger partial charge is 0.370 e. The molecule has 0 spiro atoms. The number of carbonyl (C=O) groups is 2. The zero-order valence-corrected chi connectivity index (χ0v) is 19.7. The van der Waals surface area contributed by atoms with Crippen LogP contribution >= 0.6 is 0 Å². The van der Waals surface area contributed by atoms with Crippen molar-refractivity contribution < 1.29 is 9.59 Å². The van der Waals surface area contributed by atoms with Crippen LogP contribution in [0, 0.1) is 12.3 Å². The molecule has 1 aromatic heterocycles. The minimum Gasteiger partial charge on any atom is -0.370 e. The van der Waals surface area contributed by atoms with Crippen molar-refractivity contribution >= 4 is 23.2 Å². The van der Waals surface area contributed by atoms with Gasteiger partial charge in [-0.25, -0.2) is 9.97 Å². The maximum absolute atomic E-state index is 12.6. The van der Waals surface area contributed by atoms with Gasteiger partial charge in [-0.3, -0.25) is 9.59 Å². The third kappa shape index (κ3) is 5.44. The smallest absolute Gasteiger partial charge is 0.251 e. The quantitative estimate of drug-likeness (QED) is 0.550. The van der Waals surface area contributed by atoms with E-state index in [1.165, 1.54) is 0 Å². The second-order valence-corrected chi connectivity index (χ2v) is 8.61. The Morgan fingerprint density at radius 3 is 2.41 bits per heavy atom. The molecule has 7 nitrogen and oxygen atoms in total. The first kappa shape index (κ1) is 23.7. The van der Waals surface area contributed by atoms with E-state index in [4.69, 9.17) is 0 Å². The maximum Gasteiger partial charge on any atom is 0.251 e. The minimum absolute atomic E-state index is 0.139. The Bertz CT molecular complexity index is 936. The monoisotopic (exact) mass is 437 g/mol. The van der Waals surface area contributed by atoms with Gasteiger partial charge in [0, 0.05) is 43.4 Å². The van der Waals surface area contributed by atoms with E-state index in [0.717, 1.165) is 56.1 Å². The number of aryl methyl sites for hydroxylation is 1. The summed E-state index contributed by atoms with van der Waals surface area (Å²) in [6.45, 7) is 10.7. The Kier molecular flexibility index (Phi) is 7.83. The van der Waals surface area contributed by atoms with Crippen LogP contribution in [0.15, 0.2) is 30.3 Å². The first-order chi connectivity index (χ1) is 15.4. The standard InChI is InChI=1S/C25H35N5O2/c1-5-8-22(31)25(13-6-2)16-30(17-25)21-11-9-19(10-12-21)24(32)27-15-20-14-23(26-7-3)29-18(4)28-20/h9-12,14H,5-8,13,15-17H2,1-4H3,(H,27,32)(H,26,28,29). The molecule has 32 heavy (non-hydrogen) atoms. The molecule has 2 N–H and O–H groups in total. The highest BCUT2D eigenvalue weighted by Crippen LogP contribution is 2.40. The van der Waals surface area contributed by atoms with Crippen molar-refractivity contribution in [3.63, 3.8) is 0 Å². The number of anilines is 2. The summed E-state index contributed by atoms with van der Waals surface area (Å²) in [5, 5.41) is 6.11. The van der Waals surface area contributed by atoms with Crippen LogP contribution in [-0.4, -0.2) is 41.3 Å². The molecular formula is C25H35N5O2. The van der Waals surface area contributed by atoms with Gasteiger partial charge >= 0.3 is 0 Å². The molecule has 0 saturated carbocycles. The minimum atomic E-state index is -0.192. The third-order valence-electron chi connectivity index (χ3n) is 5.96. The first-order valence-electron chi connectivity index (χ1n) is 11.7. The van der Waals surface area contributed by atoms with Crippen molar-refractivity contribution in [2.75, 3.05) is 29.9 Å². The van der Waals surface area contributed by atoms with E-state index in [-0.39, 0.29) is 11.3 Å². The highest BCUT2D eigenvalue weighted by Gasteiger charge is 2.47. The second-order valence-electron chi connectivity index (χ2n) is 8.61. The summed E-state index contributed by atoms with van der Waals surface area (Å²) in [4.78, 5) is 36.2. The van der Waals surface area contributed by atoms with Crippen molar-refractivity contribution in [1.29, 1.82) is 0 Å². The highest BCUT2D eigenvalue weighted by molar-refractivity contribution is 5.94. The Morgan fingerprint density at radius 1 is 1.06 bits per heavy atom. The van der Waals surface area contributed by atoms with Gasteiger partial charge in [-0.1, -0.05) is 20.3 Å². The number of hydrogen-bond donors (Lipinski definition) is 2. The summed E-state index contributed by atoms with van der Waals surface area (Å²) in [6.07, 6.45) is 3.53. The number of rotatable bonds is 11. The summed E-state index contributed by atoms with van der Waals surface area (Å²) in [6, 6.07) is 9.47. The summed E-state index contributed by atoms with van der Waals surface area (Å²) in [7, 11) is 0. The van der Waals surface area contributed by atoms with E-state index in [1.807, 2.05) is 44.2 Å². The summed E-state index contributed by atoms with van der Waals surface area (Å²) in [5.41, 5.74) is 2.23. The molecule has 0 aliphatic carbocycles. The SMILES string of the molecule is CCCC(=O)C1(CCC)CN(c2ccc(C(=O)NCc3cc(NCC)nc(C)n3)cc2)C1. The van der Waals surface area contributed by atoms with Gasteiger partial charge in [-0.2, -0.15) is 0 Å². The number of benzene rings is 1. The zero-order valence-electron chi connectivity index (χ0n) is 19.7. The molecule has 1 aliphatic heterocycles. The van der Waals surface area contributed by atoms with Crippen molar-refractivity contribution in [1.82, 2.24) is 15.3 Å². The normalized spacial score (nSPS) is 14.6. The number of amides is 1. The molecule has 2 heterocycles. The lowest BCUT2D eigenvalue weighted by Crippen LogP contribution is -2.60. The van der Waals surface area contributed by atoms with Gasteiger partial charge in [-0.05, 0) is 51.0 Å². The molecule has 3 rings (SSSR count). The fourth-order valence-electron chi connectivity index (χ4n) is 4.40. The molecule has 172 valence electrons. The molecule has 7 heteroatoms. The zero-order chi connectivity index (χ0) is 23.1. The van der Waals surface area contributed by atoms with Crippen LogP contribution in [-0.2, 0) is 11.3 Å². The molecule has 1 aromatic carbocycles. The van der Waals surface area contributed by atoms with Gasteiger partial charge in [-0.15, -0.1) is 0 Å². The maximum atomic E-state index is 12.6. The predicted molar refractivity (Wildman–Crippen MR) is 128 cm³/mol. The first-order valence-corrected chi connectivity index (χ1v) is 11.7. The van der Waals surface area contributed by atoms with Crippen LogP contribution in [0.3, 0.4) is 0 Å². The van der Waals surface area contributed by atoms with Crippen molar-refractivity contribution in [2.45, 2.75) is 59.9 Å². The van der Waals surface area contributed by atoms with Crippen LogP contribution < -0.4 is 15.5 Å². The van der Waals surface area contributed by atoms with E-state index < -0.39 is 0 Å². The fraction of sp³-hybridized carbons (Fsp3) is 0.520. The van der Waals surface area contributed by atoms with E-state index in [9.17, 15) is 9.59 Å². The number of ketones is 1. The highest BCUT2D eigenvalue weighted by atomic mass is 16.1. The molecule has 1 amide bonds. The number of Topliss-reactive ketones (excluding diaryl/α,β-unsaturated/α-hetero) is 1. The number of hydrogen-bond acceptors (Lipinski definition) is 6. The number of aromatic nitrogens is 2. The van der Waals surface area contributed by atoms with Gasteiger partial charge in [0.1, 0.15) is 17.4 Å². The van der Waals surface area contributed by atoms with Gasteiger partial charge < -0.3 is 15.5 Å². The lowest BCUT2D eigenvalue weighted by molar-refractivity contribution is -0.130. The molecule has 1 aliphatic rings. The van der Waals surface area contributed by atoms with Crippen molar-refractivity contribution in [3.05, 3.63) is 47.4 Å². The van der Waals surface area contributed by atoms with E-state index in [0.29, 0.717) is 30.1 Å². The van der Waals surface area contributed by atoms with Crippen molar-refractivity contribution in [2.24, 2.45) is 5.41 Å². The van der Waals surface area contributed by atoms with Crippen LogP contribution in [0.25, 0.3) is 0 Å². The molecule has 2 aromatic rings. The summed E-state index contributed by atoms with van der Waals surface area (Å²) >= 11 is 0. The Morgan fingerprint density at radius 2 is 1.78 bits per heavy atom. The third-order valence-corrected chi connectivity index (χ3v) is 5.96. The molecule has 0 radical (unpaired) electrons. The van der Waals surface area contributed by atoms with Crippen molar-refractivity contribution in [3.8, 4) is 0 Å². The Labute approximate surface area is 191 Å². The molecule has 0 unspecified atom stereocenters. The van der Waals surface area contributed by atoms with Gasteiger partial charge in [0.2, 0.25) is 0 Å². The van der Waals surface area contributed by atoms with E-state index in [2.05, 4.69) is 39.3 Å². The lowest BCUT2D eigenvalue weighted by atomic mass is 9.71. The topological polar surface area (TPSA) is 87.2 Å². The molecule has 1 fully saturated rings. The van der Waals surface area contributed by atoms with Crippen LogP contribution in [0.1, 0.15) is 68.3 Å². The molecular weight excluding hydrogens is 402 g/mol. The van der Waals surface area contributed by atoms with Crippen LogP contribution in [0.4, 0.5) is 11.5 Å². The Balaban J connectivity index is 1.58. The van der Waals surface area contributed by atoms with E-state index in [1.54, 1.807) is 0 Å². The lowest BCUT2D eigenvalue weighted by Gasteiger charge is -2.50. The molecule has 1 saturated heterocycles. The Hall–Kier alpha value is -2.96. The predicted octanol–water partition coefficient (Wildman–Crippen LogP) is 4.12. The number of carbonyl (C=O) groups excluding carboxylic acids is 2. The van der Waals surface area contributed by atoms with Gasteiger partial charge in [0.15, 0.2) is 0 Å². The van der Waals surface area contributed by atoms with Crippen LogP contribution in [0.2, 0.25) is 0 Å². The molecule has 0 bridgehead atoms. The average molecular weight is 438 g/mol. The van der Waals surface area contributed by atoms with Gasteiger partial charge in [0.05, 0.1) is 17.7 Å². The second kappa shape index (κ2) is 10.6. The van der Waals surface area contributed by atoms with Crippen LogP contribution in [0.5, 0.6) is 0 Å². The van der Waals surface area contributed by atoms with E-state index >= 15 is 0 Å². The summed E-state index contributed by atoms with van der Waals surface area (Å²) in [5.74, 6) is 1.69. The fourth-order valence-corrected chi connectivity index (χ4v) is 4.40. The van der Waals surface area contributed by atoms with Gasteiger partial charge in [0.25, 0.3) is 5.91 Å². The number of nitrogens with zero attached hydrogens (tertiary/aromatic N) is 3.